The highest BCUT2D eigenvalue weighted by Crippen LogP contribution is 2.32. The van der Waals surface area contributed by atoms with Crippen molar-refractivity contribution in [3.05, 3.63) is 0 Å². The Morgan fingerprint density at radius 1 is 1.17 bits per heavy atom. The SMILES string of the molecule is CCC(O)C(CO)(CO)C(C)C. The van der Waals surface area contributed by atoms with Gasteiger partial charge < -0.3 is 15.3 Å². The number of hydrogen-bond acceptors (Lipinski definition) is 3. The third-order valence-electron chi connectivity index (χ3n) is 2.79. The van der Waals surface area contributed by atoms with Crippen LogP contribution in [0, 0.1) is 11.3 Å². The third kappa shape index (κ3) is 1.97. The molecule has 0 rings (SSSR count). The van der Waals surface area contributed by atoms with Crippen molar-refractivity contribution in [2.45, 2.75) is 33.3 Å². The smallest absolute Gasteiger partial charge is 0.0640 e. The van der Waals surface area contributed by atoms with Crippen molar-refractivity contribution < 1.29 is 15.3 Å². The zero-order chi connectivity index (χ0) is 9.78. The van der Waals surface area contributed by atoms with Crippen LogP contribution in [0.15, 0.2) is 0 Å². The summed E-state index contributed by atoms with van der Waals surface area (Å²) in [4.78, 5) is 0. The molecule has 0 aliphatic rings. The molecule has 1 unspecified atom stereocenters. The summed E-state index contributed by atoms with van der Waals surface area (Å²) in [7, 11) is 0. The van der Waals surface area contributed by atoms with Gasteiger partial charge in [-0.25, -0.2) is 0 Å². The van der Waals surface area contributed by atoms with Crippen LogP contribution in [0.4, 0.5) is 0 Å². The Morgan fingerprint density at radius 2 is 1.58 bits per heavy atom. The molecule has 0 aromatic heterocycles. The summed E-state index contributed by atoms with van der Waals surface area (Å²) in [6.45, 7) is 5.29. The molecule has 0 fully saturated rings. The van der Waals surface area contributed by atoms with Crippen molar-refractivity contribution in [1.82, 2.24) is 0 Å². The number of aliphatic hydroxyl groups is 3. The molecule has 3 N–H and O–H groups in total. The molecule has 3 nitrogen and oxygen atoms in total. The Balaban J connectivity index is 4.56. The van der Waals surface area contributed by atoms with Crippen molar-refractivity contribution in [3.63, 3.8) is 0 Å². The molecule has 0 aliphatic heterocycles. The summed E-state index contributed by atoms with van der Waals surface area (Å²) in [6.07, 6.45) is -0.0771. The van der Waals surface area contributed by atoms with Gasteiger partial charge in [0.15, 0.2) is 0 Å². The van der Waals surface area contributed by atoms with Gasteiger partial charge >= 0.3 is 0 Å². The van der Waals surface area contributed by atoms with Crippen LogP contribution >= 0.6 is 0 Å². The molecule has 0 aromatic rings. The highest BCUT2D eigenvalue weighted by Gasteiger charge is 2.38. The van der Waals surface area contributed by atoms with Gasteiger partial charge in [-0.05, 0) is 12.3 Å². The largest absolute Gasteiger partial charge is 0.396 e. The first-order valence-electron chi connectivity index (χ1n) is 4.45. The fourth-order valence-electron chi connectivity index (χ4n) is 1.42. The lowest BCUT2D eigenvalue weighted by Gasteiger charge is -2.38. The Kier molecular flexibility index (Phi) is 4.75. The zero-order valence-electron chi connectivity index (χ0n) is 8.12. The third-order valence-corrected chi connectivity index (χ3v) is 2.79. The van der Waals surface area contributed by atoms with E-state index in [2.05, 4.69) is 0 Å². The van der Waals surface area contributed by atoms with E-state index in [1.54, 1.807) is 0 Å². The maximum absolute atomic E-state index is 9.62. The first-order valence-corrected chi connectivity index (χ1v) is 4.45. The summed E-state index contributed by atoms with van der Waals surface area (Å²) in [5.74, 6) is 0.0717. The number of aliphatic hydroxyl groups excluding tert-OH is 3. The standard InChI is InChI=1S/C9H20O3/c1-4-8(12)9(5-10,6-11)7(2)3/h7-8,10-12H,4-6H2,1-3H3. The zero-order valence-corrected chi connectivity index (χ0v) is 8.12. The number of rotatable bonds is 5. The fourth-order valence-corrected chi connectivity index (χ4v) is 1.42. The molecule has 0 spiro atoms. The van der Waals surface area contributed by atoms with Crippen LogP contribution in [0.2, 0.25) is 0 Å². The van der Waals surface area contributed by atoms with Crippen LogP contribution < -0.4 is 0 Å². The van der Waals surface area contributed by atoms with Crippen LogP contribution in [0.3, 0.4) is 0 Å². The van der Waals surface area contributed by atoms with E-state index in [0.29, 0.717) is 6.42 Å². The van der Waals surface area contributed by atoms with Gasteiger partial charge in [0.1, 0.15) is 0 Å². The molecule has 0 radical (unpaired) electrons. The summed E-state index contributed by atoms with van der Waals surface area (Å²) in [6, 6.07) is 0. The highest BCUT2D eigenvalue weighted by molar-refractivity contribution is 4.87. The van der Waals surface area contributed by atoms with Crippen molar-refractivity contribution in [2.75, 3.05) is 13.2 Å². The lowest BCUT2D eigenvalue weighted by molar-refractivity contribution is -0.0833. The maximum Gasteiger partial charge on any atom is 0.0640 e. The van der Waals surface area contributed by atoms with Crippen LogP contribution in [-0.2, 0) is 0 Å². The molecule has 0 aliphatic carbocycles. The highest BCUT2D eigenvalue weighted by atomic mass is 16.3. The van der Waals surface area contributed by atoms with Gasteiger partial charge in [0.05, 0.1) is 19.3 Å². The summed E-state index contributed by atoms with van der Waals surface area (Å²) >= 11 is 0. The van der Waals surface area contributed by atoms with Gasteiger partial charge in [0, 0.05) is 5.41 Å². The van der Waals surface area contributed by atoms with Gasteiger partial charge in [0.2, 0.25) is 0 Å². The predicted molar refractivity (Wildman–Crippen MR) is 47.7 cm³/mol. The van der Waals surface area contributed by atoms with E-state index < -0.39 is 11.5 Å². The second kappa shape index (κ2) is 4.80. The average molecular weight is 176 g/mol. The molecule has 1 atom stereocenters. The topological polar surface area (TPSA) is 60.7 Å². The Labute approximate surface area is 74.0 Å². The monoisotopic (exact) mass is 176 g/mol. The number of hydrogen-bond donors (Lipinski definition) is 3. The maximum atomic E-state index is 9.62. The minimum Gasteiger partial charge on any atom is -0.396 e. The van der Waals surface area contributed by atoms with Gasteiger partial charge in [-0.1, -0.05) is 20.8 Å². The van der Waals surface area contributed by atoms with E-state index in [0.717, 1.165) is 0 Å². The van der Waals surface area contributed by atoms with Crippen LogP contribution in [-0.4, -0.2) is 34.6 Å². The van der Waals surface area contributed by atoms with Crippen molar-refractivity contribution >= 4 is 0 Å². The van der Waals surface area contributed by atoms with Crippen LogP contribution in [0.1, 0.15) is 27.2 Å². The second-order valence-corrected chi connectivity index (χ2v) is 3.63. The van der Waals surface area contributed by atoms with Gasteiger partial charge in [-0.2, -0.15) is 0 Å². The van der Waals surface area contributed by atoms with Crippen molar-refractivity contribution in [3.8, 4) is 0 Å². The molecule has 0 amide bonds. The Hall–Kier alpha value is -0.120. The summed E-state index contributed by atoms with van der Waals surface area (Å²) < 4.78 is 0. The first-order chi connectivity index (χ1) is 5.55. The van der Waals surface area contributed by atoms with E-state index >= 15 is 0 Å². The molecule has 0 bridgehead atoms. The predicted octanol–water partition coefficient (Wildman–Crippen LogP) is 0.384. The van der Waals surface area contributed by atoms with Gasteiger partial charge in [-0.15, -0.1) is 0 Å². The fraction of sp³-hybridized carbons (Fsp3) is 1.00. The molecule has 12 heavy (non-hydrogen) atoms. The van der Waals surface area contributed by atoms with E-state index in [-0.39, 0.29) is 19.1 Å². The quantitative estimate of drug-likeness (QED) is 0.567. The molecule has 0 aromatic carbocycles. The molecule has 74 valence electrons. The summed E-state index contributed by atoms with van der Waals surface area (Å²) in [5, 5.41) is 27.9. The minimum absolute atomic E-state index is 0.0717. The lowest BCUT2D eigenvalue weighted by Crippen LogP contribution is -2.45. The summed E-state index contributed by atoms with van der Waals surface area (Å²) in [5.41, 5.74) is -0.741. The van der Waals surface area contributed by atoms with E-state index in [1.807, 2.05) is 20.8 Å². The second-order valence-electron chi connectivity index (χ2n) is 3.63. The molecule has 0 saturated heterocycles. The average Bonchev–Trinajstić information content (AvgIpc) is 2.06. The van der Waals surface area contributed by atoms with Crippen LogP contribution in [0.5, 0.6) is 0 Å². The molecular formula is C9H20O3. The van der Waals surface area contributed by atoms with Crippen LogP contribution in [0.25, 0.3) is 0 Å². The molecule has 0 heterocycles. The Bertz CT molecular complexity index is 119. The molecule has 3 heteroatoms. The van der Waals surface area contributed by atoms with Crippen molar-refractivity contribution in [2.24, 2.45) is 11.3 Å². The van der Waals surface area contributed by atoms with Crippen molar-refractivity contribution in [1.29, 1.82) is 0 Å². The van der Waals surface area contributed by atoms with E-state index in [1.165, 1.54) is 0 Å². The minimum atomic E-state index is -0.741. The molecular weight excluding hydrogens is 156 g/mol. The van der Waals surface area contributed by atoms with E-state index in [9.17, 15) is 5.11 Å². The first kappa shape index (κ1) is 11.9. The normalized spacial score (nSPS) is 15.2. The van der Waals surface area contributed by atoms with Gasteiger partial charge in [0.25, 0.3) is 0 Å². The Morgan fingerprint density at radius 3 is 1.67 bits per heavy atom. The lowest BCUT2D eigenvalue weighted by atomic mass is 9.73. The molecule has 0 saturated carbocycles. The van der Waals surface area contributed by atoms with E-state index in [4.69, 9.17) is 10.2 Å². The van der Waals surface area contributed by atoms with Gasteiger partial charge in [-0.3, -0.25) is 0 Å².